The first-order valence-corrected chi connectivity index (χ1v) is 8.44. The molecule has 0 aliphatic carbocycles. The average Bonchev–Trinajstić information content (AvgIpc) is 2.56. The summed E-state index contributed by atoms with van der Waals surface area (Å²) in [5.74, 6) is 0.566. The predicted octanol–water partition coefficient (Wildman–Crippen LogP) is 1.52. The van der Waals surface area contributed by atoms with Crippen molar-refractivity contribution in [2.45, 2.75) is 19.9 Å². The van der Waals surface area contributed by atoms with Crippen molar-refractivity contribution in [3.8, 4) is 5.75 Å². The summed E-state index contributed by atoms with van der Waals surface area (Å²) in [4.78, 5) is 13.1. The number of nitrogens with one attached hydrogen (secondary N) is 2. The van der Waals surface area contributed by atoms with Crippen LogP contribution in [0.2, 0.25) is 0 Å². The number of hydrogen-bond acceptors (Lipinski definition) is 2. The second-order valence-electron chi connectivity index (χ2n) is 6.32. The third-order valence-electron chi connectivity index (χ3n) is 4.06. The van der Waals surface area contributed by atoms with Crippen LogP contribution in [0.5, 0.6) is 5.75 Å². The maximum atomic E-state index is 13.5. The molecule has 1 atom stereocenters. The van der Waals surface area contributed by atoms with Crippen molar-refractivity contribution >= 4 is 5.91 Å². The molecule has 2 N–H and O–H groups in total. The molecule has 0 aliphatic rings. The molecular weight excluding hydrogens is 319 g/mol. The normalized spacial score (nSPS) is 11.8. The van der Waals surface area contributed by atoms with Crippen LogP contribution in [0, 0.1) is 12.7 Å². The standard InChI is InChI=1S/C20H25FN2O2/c1-15-8-9-19(25-3)17(12-15)13-23(2)14-20(24)22-11-10-16-6-4-5-7-18(16)21/h4-9,12H,10-11,13-14H2,1-3H3,(H,22,24)/p+1. The second kappa shape index (κ2) is 9.18. The van der Waals surface area contributed by atoms with Gasteiger partial charge in [-0.15, -0.1) is 0 Å². The number of likely N-dealkylation sites (N-methyl/N-ethyl adjacent to an activating group) is 1. The van der Waals surface area contributed by atoms with E-state index in [0.29, 0.717) is 31.6 Å². The van der Waals surface area contributed by atoms with Gasteiger partial charge in [0.05, 0.1) is 14.2 Å². The molecule has 0 aromatic heterocycles. The van der Waals surface area contributed by atoms with E-state index in [1.807, 2.05) is 26.1 Å². The molecule has 2 rings (SSSR count). The number of benzene rings is 2. The number of hydrogen-bond donors (Lipinski definition) is 2. The minimum Gasteiger partial charge on any atom is -0.496 e. The van der Waals surface area contributed by atoms with Crippen molar-refractivity contribution in [2.24, 2.45) is 0 Å². The predicted molar refractivity (Wildman–Crippen MR) is 96.3 cm³/mol. The molecule has 2 aromatic rings. The molecule has 134 valence electrons. The summed E-state index contributed by atoms with van der Waals surface area (Å²) in [6.07, 6.45) is 0.489. The molecule has 4 nitrogen and oxygen atoms in total. The van der Waals surface area contributed by atoms with Crippen LogP contribution in [0.15, 0.2) is 42.5 Å². The van der Waals surface area contributed by atoms with E-state index in [1.54, 1.807) is 25.3 Å². The minimum absolute atomic E-state index is 0.0412. The molecule has 0 heterocycles. The van der Waals surface area contributed by atoms with Crippen LogP contribution in [0.1, 0.15) is 16.7 Å². The third-order valence-corrected chi connectivity index (χ3v) is 4.06. The molecule has 25 heavy (non-hydrogen) atoms. The topological polar surface area (TPSA) is 42.8 Å². The van der Waals surface area contributed by atoms with Gasteiger partial charge < -0.3 is 15.0 Å². The highest BCUT2D eigenvalue weighted by Gasteiger charge is 2.13. The monoisotopic (exact) mass is 345 g/mol. The number of carbonyl (C=O) groups is 1. The third kappa shape index (κ3) is 5.87. The molecule has 0 saturated carbocycles. The number of carbonyl (C=O) groups excluding carboxylic acids is 1. The Kier molecular flexibility index (Phi) is 6.95. The Hall–Kier alpha value is -2.40. The van der Waals surface area contributed by atoms with Crippen LogP contribution < -0.4 is 15.0 Å². The summed E-state index contributed by atoms with van der Waals surface area (Å²) < 4.78 is 18.9. The number of amides is 1. The quantitative estimate of drug-likeness (QED) is 0.762. The summed E-state index contributed by atoms with van der Waals surface area (Å²) >= 11 is 0. The maximum Gasteiger partial charge on any atom is 0.275 e. The van der Waals surface area contributed by atoms with E-state index in [4.69, 9.17) is 4.74 Å². The van der Waals surface area contributed by atoms with E-state index in [9.17, 15) is 9.18 Å². The van der Waals surface area contributed by atoms with E-state index in [1.165, 1.54) is 6.07 Å². The zero-order valence-corrected chi connectivity index (χ0v) is 15.1. The fourth-order valence-electron chi connectivity index (χ4n) is 2.81. The van der Waals surface area contributed by atoms with Gasteiger partial charge in [-0.1, -0.05) is 29.8 Å². The Morgan fingerprint density at radius 2 is 1.96 bits per heavy atom. The number of methoxy groups -OCH3 is 1. The first-order valence-electron chi connectivity index (χ1n) is 8.44. The lowest BCUT2D eigenvalue weighted by Crippen LogP contribution is -3.08. The maximum absolute atomic E-state index is 13.5. The number of quaternary nitrogens is 1. The molecule has 0 spiro atoms. The number of rotatable bonds is 8. The van der Waals surface area contributed by atoms with Crippen molar-refractivity contribution < 1.29 is 18.8 Å². The van der Waals surface area contributed by atoms with E-state index in [0.717, 1.165) is 21.8 Å². The van der Waals surface area contributed by atoms with Gasteiger partial charge in [0.25, 0.3) is 5.91 Å². The first-order chi connectivity index (χ1) is 12.0. The fraction of sp³-hybridized carbons (Fsp3) is 0.350. The number of aryl methyl sites for hydroxylation is 1. The highest BCUT2D eigenvalue weighted by molar-refractivity contribution is 5.76. The van der Waals surface area contributed by atoms with Gasteiger partial charge in [-0.05, 0) is 37.1 Å². The molecule has 0 bridgehead atoms. The Morgan fingerprint density at radius 1 is 1.20 bits per heavy atom. The fourth-order valence-corrected chi connectivity index (χ4v) is 2.81. The molecule has 0 fully saturated rings. The first kappa shape index (κ1) is 18.9. The highest BCUT2D eigenvalue weighted by Crippen LogP contribution is 2.18. The zero-order chi connectivity index (χ0) is 18.2. The smallest absolute Gasteiger partial charge is 0.275 e. The SMILES string of the molecule is COc1ccc(C)cc1C[NH+](C)CC(=O)NCCc1ccccc1F. The van der Waals surface area contributed by atoms with Crippen LogP contribution in [-0.4, -0.2) is 33.2 Å². The van der Waals surface area contributed by atoms with Crippen LogP contribution in [0.25, 0.3) is 0 Å². The van der Waals surface area contributed by atoms with Gasteiger partial charge in [0.2, 0.25) is 0 Å². The van der Waals surface area contributed by atoms with Gasteiger partial charge in [0.15, 0.2) is 6.54 Å². The summed E-state index contributed by atoms with van der Waals surface area (Å²) in [7, 11) is 3.62. The van der Waals surface area contributed by atoms with Gasteiger partial charge in [0, 0.05) is 12.1 Å². The van der Waals surface area contributed by atoms with E-state index in [2.05, 4.69) is 11.4 Å². The summed E-state index contributed by atoms with van der Waals surface area (Å²) in [5.41, 5.74) is 2.87. The van der Waals surface area contributed by atoms with Crippen molar-refractivity contribution in [1.82, 2.24) is 5.32 Å². The van der Waals surface area contributed by atoms with Crippen molar-refractivity contribution in [3.05, 3.63) is 65.0 Å². The average molecular weight is 345 g/mol. The minimum atomic E-state index is -0.231. The largest absolute Gasteiger partial charge is 0.496 e. The summed E-state index contributed by atoms with van der Waals surface area (Å²) in [6, 6.07) is 12.7. The Balaban J connectivity index is 1.80. The molecule has 1 amide bonds. The van der Waals surface area contributed by atoms with Crippen molar-refractivity contribution in [3.63, 3.8) is 0 Å². The molecular formula is C20H26FN2O2+. The Bertz CT molecular complexity index is 719. The van der Waals surface area contributed by atoms with E-state index >= 15 is 0 Å². The van der Waals surface area contributed by atoms with Crippen LogP contribution in [0.3, 0.4) is 0 Å². The Morgan fingerprint density at radius 3 is 2.68 bits per heavy atom. The highest BCUT2D eigenvalue weighted by atomic mass is 19.1. The van der Waals surface area contributed by atoms with Crippen molar-refractivity contribution in [2.75, 3.05) is 27.2 Å². The molecule has 1 unspecified atom stereocenters. The molecule has 2 aromatic carbocycles. The van der Waals surface area contributed by atoms with E-state index in [-0.39, 0.29) is 11.7 Å². The van der Waals surface area contributed by atoms with Crippen LogP contribution >= 0.6 is 0 Å². The van der Waals surface area contributed by atoms with Gasteiger partial charge in [0.1, 0.15) is 18.1 Å². The van der Waals surface area contributed by atoms with Gasteiger partial charge in [-0.2, -0.15) is 0 Å². The Labute approximate surface area is 148 Å². The number of halogens is 1. The molecule has 0 aliphatic heterocycles. The van der Waals surface area contributed by atoms with Crippen LogP contribution in [0.4, 0.5) is 4.39 Å². The zero-order valence-electron chi connectivity index (χ0n) is 15.1. The van der Waals surface area contributed by atoms with Gasteiger partial charge in [-0.3, -0.25) is 4.79 Å². The summed E-state index contributed by atoms with van der Waals surface area (Å²) in [5, 5.41) is 2.86. The summed E-state index contributed by atoms with van der Waals surface area (Å²) in [6.45, 7) is 3.52. The van der Waals surface area contributed by atoms with Gasteiger partial charge >= 0.3 is 0 Å². The lowest BCUT2D eigenvalue weighted by atomic mass is 10.1. The van der Waals surface area contributed by atoms with E-state index < -0.39 is 0 Å². The van der Waals surface area contributed by atoms with Crippen LogP contribution in [-0.2, 0) is 17.8 Å². The molecule has 0 radical (unpaired) electrons. The lowest BCUT2D eigenvalue weighted by molar-refractivity contribution is -0.885. The lowest BCUT2D eigenvalue weighted by Gasteiger charge is -2.16. The molecule has 5 heteroatoms. The van der Waals surface area contributed by atoms with Gasteiger partial charge in [-0.25, -0.2) is 4.39 Å². The second-order valence-corrected chi connectivity index (χ2v) is 6.32. The number of ether oxygens (including phenoxy) is 1. The van der Waals surface area contributed by atoms with Crippen molar-refractivity contribution in [1.29, 1.82) is 0 Å². The molecule has 0 saturated heterocycles.